The van der Waals surface area contributed by atoms with Gasteiger partial charge in [-0.15, -0.1) is 11.6 Å². The Balaban J connectivity index is 1.41. The Hall–Kier alpha value is -2.33. The summed E-state index contributed by atoms with van der Waals surface area (Å²) in [5.74, 6) is 0.576. The fourth-order valence-electron chi connectivity index (χ4n) is 3.65. The smallest absolute Gasteiger partial charge is 0.419 e. The number of nitrogens with one attached hydrogen (secondary N) is 2. The van der Waals surface area contributed by atoms with E-state index in [1.54, 1.807) is 12.1 Å². The van der Waals surface area contributed by atoms with Gasteiger partial charge >= 0.3 is 6.18 Å². The van der Waals surface area contributed by atoms with Gasteiger partial charge < -0.3 is 10.1 Å². The second-order valence-corrected chi connectivity index (χ2v) is 8.02. The van der Waals surface area contributed by atoms with Gasteiger partial charge in [-0.1, -0.05) is 36.4 Å². The van der Waals surface area contributed by atoms with E-state index in [4.69, 9.17) is 26.2 Å². The van der Waals surface area contributed by atoms with Gasteiger partial charge in [-0.2, -0.15) is 13.2 Å². The number of nitrogens with zero attached hydrogens (tertiary/aromatic N) is 2. The summed E-state index contributed by atoms with van der Waals surface area (Å²) in [6, 6.07) is 12.4. The van der Waals surface area contributed by atoms with Crippen molar-refractivity contribution in [2.24, 2.45) is 4.99 Å². The molecule has 1 unspecified atom stereocenters. The van der Waals surface area contributed by atoms with Gasteiger partial charge in [-0.3, -0.25) is 4.90 Å². The number of aliphatic imine (C=N–C) groups is 1. The van der Waals surface area contributed by atoms with Gasteiger partial charge in [0.25, 0.3) is 0 Å². The van der Waals surface area contributed by atoms with Crippen LogP contribution < -0.4 is 15.5 Å². The van der Waals surface area contributed by atoms with E-state index in [2.05, 4.69) is 15.7 Å². The molecule has 0 saturated carbocycles. The Bertz CT molecular complexity index is 949. The van der Waals surface area contributed by atoms with Crippen LogP contribution in [0.25, 0.3) is 0 Å². The number of hydrogen-bond donors (Lipinski definition) is 2. The molecule has 2 aromatic carbocycles. The first kappa shape index (κ1) is 22.8. The van der Waals surface area contributed by atoms with Gasteiger partial charge in [0.05, 0.1) is 18.0 Å². The summed E-state index contributed by atoms with van der Waals surface area (Å²) < 4.78 is 44.8. The Morgan fingerprint density at radius 3 is 2.50 bits per heavy atom. The van der Waals surface area contributed by atoms with Crippen LogP contribution in [0, 0.1) is 0 Å². The molecule has 1 atom stereocenters. The number of rotatable bonds is 7. The van der Waals surface area contributed by atoms with Crippen LogP contribution in [0.1, 0.15) is 16.7 Å². The van der Waals surface area contributed by atoms with E-state index >= 15 is 0 Å². The first-order chi connectivity index (χ1) is 15.4. The van der Waals surface area contributed by atoms with Crippen LogP contribution in [-0.4, -0.2) is 55.1 Å². The molecule has 0 spiro atoms. The van der Waals surface area contributed by atoms with Crippen LogP contribution in [-0.2, 0) is 17.6 Å². The van der Waals surface area contributed by atoms with E-state index in [0.717, 1.165) is 43.4 Å². The first-order valence-electron chi connectivity index (χ1n) is 10.3. The van der Waals surface area contributed by atoms with E-state index in [-0.39, 0.29) is 18.2 Å². The maximum absolute atomic E-state index is 13.1. The van der Waals surface area contributed by atoms with Crippen molar-refractivity contribution < 1.29 is 22.7 Å². The minimum Gasteiger partial charge on any atom is -0.488 e. The lowest BCUT2D eigenvalue weighted by Crippen LogP contribution is -2.51. The van der Waals surface area contributed by atoms with E-state index in [9.17, 15) is 13.2 Å². The topological polar surface area (TPSA) is 58.1 Å². The fraction of sp³-hybridized carbons (Fsp3) is 0.409. The van der Waals surface area contributed by atoms with Crippen LogP contribution >= 0.6 is 11.6 Å². The molecule has 2 N–H and O–H groups in total. The van der Waals surface area contributed by atoms with E-state index < -0.39 is 17.5 Å². The highest BCUT2D eigenvalue weighted by atomic mass is 35.5. The zero-order chi connectivity index (χ0) is 22.6. The predicted molar refractivity (Wildman–Crippen MR) is 116 cm³/mol. The molecule has 2 heterocycles. The number of ether oxygens (including phenoxy) is 1. The van der Waals surface area contributed by atoms with Crippen molar-refractivity contribution >= 4 is 17.4 Å². The zero-order valence-corrected chi connectivity index (χ0v) is 18.0. The predicted octanol–water partition coefficient (Wildman–Crippen LogP) is 3.41. The average molecular weight is 469 g/mol. The normalized spacial score (nSPS) is 21.8. The molecule has 2 aliphatic rings. The van der Waals surface area contributed by atoms with Crippen molar-refractivity contribution in [1.29, 1.82) is 0 Å². The van der Waals surface area contributed by atoms with Gasteiger partial charge in [0.1, 0.15) is 12.4 Å². The molecular formula is C22H24ClF3N4O2. The lowest BCUT2D eigenvalue weighted by molar-refractivity contribution is -0.139. The average Bonchev–Trinajstić information content (AvgIpc) is 3.23. The van der Waals surface area contributed by atoms with Gasteiger partial charge in [-0.25, -0.2) is 15.3 Å². The molecule has 0 bridgehead atoms. The molecule has 0 radical (unpaired) electrons. The molecule has 2 aromatic rings. The van der Waals surface area contributed by atoms with E-state index in [0.29, 0.717) is 12.4 Å². The highest BCUT2D eigenvalue weighted by Gasteiger charge is 2.38. The van der Waals surface area contributed by atoms with Crippen molar-refractivity contribution in [2.45, 2.75) is 18.5 Å². The Labute approximate surface area is 189 Å². The molecule has 0 aliphatic carbocycles. The van der Waals surface area contributed by atoms with E-state index in [1.165, 1.54) is 18.2 Å². The van der Waals surface area contributed by atoms with Crippen molar-refractivity contribution in [3.8, 4) is 5.75 Å². The molecule has 0 amide bonds. The Morgan fingerprint density at radius 2 is 1.81 bits per heavy atom. The molecule has 1 fully saturated rings. The molecule has 0 aromatic heterocycles. The van der Waals surface area contributed by atoms with Gasteiger partial charge in [0.2, 0.25) is 5.72 Å². The molecular weight excluding hydrogens is 445 g/mol. The molecule has 1 saturated heterocycles. The molecule has 10 heteroatoms. The second kappa shape index (κ2) is 9.66. The molecule has 4 rings (SSSR count). The van der Waals surface area contributed by atoms with Crippen LogP contribution in [0.5, 0.6) is 5.75 Å². The maximum atomic E-state index is 13.1. The summed E-state index contributed by atoms with van der Waals surface area (Å²) in [5, 5.41) is 3.31. The summed E-state index contributed by atoms with van der Waals surface area (Å²) in [6.07, 6.45) is -4.47. The van der Waals surface area contributed by atoms with Crippen LogP contribution in [0.3, 0.4) is 0 Å². The third kappa shape index (κ3) is 5.35. The molecule has 172 valence electrons. The van der Waals surface area contributed by atoms with Crippen molar-refractivity contribution in [1.82, 2.24) is 15.7 Å². The quantitative estimate of drug-likeness (QED) is 0.610. The number of alkyl halides is 4. The van der Waals surface area contributed by atoms with Gasteiger partial charge in [0.15, 0.2) is 5.84 Å². The summed E-state index contributed by atoms with van der Waals surface area (Å²) in [7, 11) is 0. The number of hydrogen-bond acceptors (Lipinski definition) is 6. The number of amidine groups is 1. The van der Waals surface area contributed by atoms with Crippen LogP contribution in [0.4, 0.5) is 13.2 Å². The number of hydroxylamine groups is 1. The summed E-state index contributed by atoms with van der Waals surface area (Å²) in [5.41, 5.74) is 2.74. The molecule has 32 heavy (non-hydrogen) atoms. The fourth-order valence-corrected chi connectivity index (χ4v) is 3.85. The second-order valence-electron chi connectivity index (χ2n) is 7.75. The number of benzene rings is 2. The van der Waals surface area contributed by atoms with Crippen LogP contribution in [0.15, 0.2) is 53.5 Å². The first-order valence-corrected chi connectivity index (χ1v) is 10.8. The van der Waals surface area contributed by atoms with Gasteiger partial charge in [-0.05, 0) is 17.7 Å². The number of halogens is 4. The number of para-hydroxylation sites is 1. The highest BCUT2D eigenvalue weighted by molar-refractivity contribution is 6.18. The maximum Gasteiger partial charge on any atom is 0.419 e. The highest BCUT2D eigenvalue weighted by Crippen LogP contribution is 2.36. The minimum atomic E-state index is -4.47. The SMILES string of the molecule is FC(F)(F)c1ccccc1OCc1ccc(C2=NC(CCl)(CN3CCNCC3)ON2)cc1. The third-order valence-electron chi connectivity index (χ3n) is 5.36. The number of piperazine rings is 1. The lowest BCUT2D eigenvalue weighted by Gasteiger charge is -2.32. The third-order valence-corrected chi connectivity index (χ3v) is 5.77. The summed E-state index contributed by atoms with van der Waals surface area (Å²) in [4.78, 5) is 12.7. The molecule has 6 nitrogen and oxygen atoms in total. The standard InChI is InChI=1S/C22H24ClF3N4O2/c23-14-21(15-30-11-9-27-10-12-30)28-20(29-32-21)17-7-5-16(6-8-17)13-31-19-4-2-1-3-18(19)22(24,25)26/h1-8,27H,9-15H2,(H,28,29). The van der Waals surface area contributed by atoms with Gasteiger partial charge in [0, 0.05) is 31.7 Å². The summed E-state index contributed by atoms with van der Waals surface area (Å²) in [6.45, 7) is 4.23. The Morgan fingerprint density at radius 1 is 1.09 bits per heavy atom. The minimum absolute atomic E-state index is 0.0123. The van der Waals surface area contributed by atoms with Crippen LogP contribution in [0.2, 0.25) is 0 Å². The van der Waals surface area contributed by atoms with Crippen molar-refractivity contribution in [3.05, 3.63) is 65.2 Å². The largest absolute Gasteiger partial charge is 0.488 e. The monoisotopic (exact) mass is 468 g/mol. The lowest BCUT2D eigenvalue weighted by atomic mass is 10.1. The zero-order valence-electron chi connectivity index (χ0n) is 17.3. The Kier molecular flexibility index (Phi) is 6.90. The van der Waals surface area contributed by atoms with Crippen molar-refractivity contribution in [2.75, 3.05) is 38.6 Å². The summed E-state index contributed by atoms with van der Waals surface area (Å²) >= 11 is 6.20. The van der Waals surface area contributed by atoms with E-state index in [1.807, 2.05) is 12.1 Å². The molecule has 2 aliphatic heterocycles. The van der Waals surface area contributed by atoms with Crippen molar-refractivity contribution in [3.63, 3.8) is 0 Å².